The molecule has 43 heavy (non-hydrogen) atoms. The van der Waals surface area contributed by atoms with Gasteiger partial charge in [-0.1, -0.05) is 72.3 Å². The van der Waals surface area contributed by atoms with Crippen LogP contribution in [0.25, 0.3) is 34.3 Å². The Morgan fingerprint density at radius 2 is 1.33 bits per heavy atom. The molecule has 1 saturated heterocycles. The van der Waals surface area contributed by atoms with E-state index in [1.165, 1.54) is 30.3 Å². The quantitative estimate of drug-likeness (QED) is 0.0989. The molecule has 1 aliphatic heterocycles. The molecule has 1 aliphatic rings. The minimum absolute atomic E-state index is 0.0581. The molecule has 0 aliphatic carbocycles. The van der Waals surface area contributed by atoms with Gasteiger partial charge in [-0.2, -0.15) is 0 Å². The number of urea groups is 1. The van der Waals surface area contributed by atoms with Crippen molar-refractivity contribution in [2.45, 2.75) is 0 Å². The van der Waals surface area contributed by atoms with E-state index in [1.54, 1.807) is 24.3 Å². The van der Waals surface area contributed by atoms with Gasteiger partial charge >= 0.3 is 6.03 Å². The first-order chi connectivity index (χ1) is 20.8. The van der Waals surface area contributed by atoms with Gasteiger partial charge in [-0.15, -0.1) is 0 Å². The molecule has 5 aromatic rings. The topological polar surface area (TPSA) is 115 Å². The van der Waals surface area contributed by atoms with Crippen LogP contribution in [0.1, 0.15) is 5.56 Å². The number of barbiturate groups is 1. The van der Waals surface area contributed by atoms with Crippen LogP contribution < -0.4 is 10.2 Å². The summed E-state index contributed by atoms with van der Waals surface area (Å²) in [4.78, 5) is 51.3. The number of halogens is 1. The van der Waals surface area contributed by atoms with E-state index in [0.29, 0.717) is 22.0 Å². The number of nitrogens with zero attached hydrogens (tertiary/aromatic N) is 3. The van der Waals surface area contributed by atoms with Crippen LogP contribution in [0.5, 0.6) is 0 Å². The first-order valence-electron chi connectivity index (χ1n) is 13.1. The average molecular weight is 589 g/mol. The van der Waals surface area contributed by atoms with E-state index in [0.717, 1.165) is 21.7 Å². The van der Waals surface area contributed by atoms with E-state index in [2.05, 4.69) is 5.32 Å². The molecule has 210 valence electrons. The summed E-state index contributed by atoms with van der Waals surface area (Å²) in [7, 11) is 0. The number of carbonyl (C=O) groups is 3. The first kappa shape index (κ1) is 27.4. The molecule has 0 unspecified atom stereocenters. The van der Waals surface area contributed by atoms with Gasteiger partial charge in [0.15, 0.2) is 0 Å². The van der Waals surface area contributed by atoms with Crippen molar-refractivity contribution in [1.82, 2.24) is 9.88 Å². The lowest BCUT2D eigenvalue weighted by Crippen LogP contribution is -2.54. The largest absolute Gasteiger partial charge is 0.335 e. The van der Waals surface area contributed by atoms with E-state index in [4.69, 9.17) is 11.6 Å². The van der Waals surface area contributed by atoms with E-state index >= 15 is 0 Å². The fourth-order valence-electron chi connectivity index (χ4n) is 4.98. The number of carbonyl (C=O) groups excluding carboxylic acids is 3. The number of rotatable bonds is 6. The molecule has 0 saturated carbocycles. The van der Waals surface area contributed by atoms with Crippen LogP contribution in [0.2, 0.25) is 5.02 Å². The van der Waals surface area contributed by atoms with E-state index < -0.39 is 22.8 Å². The first-order valence-corrected chi connectivity index (χ1v) is 13.5. The third-order valence-corrected chi connectivity index (χ3v) is 7.20. The van der Waals surface area contributed by atoms with Crippen LogP contribution >= 0.6 is 11.6 Å². The summed E-state index contributed by atoms with van der Waals surface area (Å²) in [5.41, 5.74) is 4.05. The number of nitro benzene ring substituents is 1. The van der Waals surface area contributed by atoms with Gasteiger partial charge in [0.05, 0.1) is 22.0 Å². The van der Waals surface area contributed by atoms with Crippen molar-refractivity contribution in [3.05, 3.63) is 142 Å². The zero-order valence-electron chi connectivity index (χ0n) is 22.3. The fraction of sp³-hybridized carbons (Fsp3) is 0. The Morgan fingerprint density at radius 1 is 0.744 bits per heavy atom. The zero-order chi connectivity index (χ0) is 30.1. The lowest BCUT2D eigenvalue weighted by Gasteiger charge is -2.26. The molecule has 4 aromatic carbocycles. The number of hydrogen-bond donors (Lipinski definition) is 1. The van der Waals surface area contributed by atoms with Crippen LogP contribution in [0.15, 0.2) is 121 Å². The molecule has 9 nitrogen and oxygen atoms in total. The van der Waals surface area contributed by atoms with Gasteiger partial charge in [0.2, 0.25) is 0 Å². The predicted octanol–water partition coefficient (Wildman–Crippen LogP) is 7.04. The Morgan fingerprint density at radius 3 is 1.93 bits per heavy atom. The summed E-state index contributed by atoms with van der Waals surface area (Å²) >= 11 is 6.00. The van der Waals surface area contributed by atoms with Gasteiger partial charge in [0.25, 0.3) is 17.5 Å². The van der Waals surface area contributed by atoms with E-state index in [1.807, 2.05) is 71.3 Å². The summed E-state index contributed by atoms with van der Waals surface area (Å²) < 4.78 is 1.92. The van der Waals surface area contributed by atoms with Gasteiger partial charge in [-0.3, -0.25) is 25.0 Å². The lowest BCUT2D eigenvalue weighted by atomic mass is 10.0. The number of anilines is 1. The average Bonchev–Trinajstić information content (AvgIpc) is 3.40. The van der Waals surface area contributed by atoms with Crippen molar-refractivity contribution in [3.63, 3.8) is 0 Å². The second-order valence-corrected chi connectivity index (χ2v) is 10.0. The van der Waals surface area contributed by atoms with Gasteiger partial charge < -0.3 is 4.57 Å². The van der Waals surface area contributed by atoms with Crippen LogP contribution in [-0.4, -0.2) is 27.3 Å². The van der Waals surface area contributed by atoms with E-state index in [9.17, 15) is 24.5 Å². The van der Waals surface area contributed by atoms with Crippen molar-refractivity contribution in [1.29, 1.82) is 0 Å². The molecule has 0 bridgehead atoms. The predicted molar refractivity (Wildman–Crippen MR) is 164 cm³/mol. The highest BCUT2D eigenvalue weighted by Gasteiger charge is 2.37. The van der Waals surface area contributed by atoms with Crippen LogP contribution in [-0.2, 0) is 9.59 Å². The van der Waals surface area contributed by atoms with Gasteiger partial charge in [-0.25, -0.2) is 9.69 Å². The van der Waals surface area contributed by atoms with Gasteiger partial charge in [-0.05, 0) is 59.7 Å². The summed E-state index contributed by atoms with van der Waals surface area (Å²) in [5, 5.41) is 14.1. The maximum Gasteiger partial charge on any atom is 0.335 e. The highest BCUT2D eigenvalue weighted by molar-refractivity contribution is 6.39. The van der Waals surface area contributed by atoms with Crippen molar-refractivity contribution in [2.24, 2.45) is 0 Å². The molecular formula is C33H21ClN4O5. The van der Waals surface area contributed by atoms with Crippen molar-refractivity contribution in [2.75, 3.05) is 4.90 Å². The molecule has 0 spiro atoms. The molecule has 2 heterocycles. The maximum absolute atomic E-state index is 13.7. The third-order valence-electron chi connectivity index (χ3n) is 6.95. The minimum atomic E-state index is -0.869. The summed E-state index contributed by atoms with van der Waals surface area (Å²) in [6, 6.07) is 32.1. The Kier molecular flexibility index (Phi) is 7.15. The summed E-state index contributed by atoms with van der Waals surface area (Å²) in [6.45, 7) is 0. The molecule has 1 N–H and O–H groups in total. The van der Waals surface area contributed by atoms with Crippen molar-refractivity contribution in [3.8, 4) is 28.2 Å². The van der Waals surface area contributed by atoms with Gasteiger partial charge in [0, 0.05) is 28.4 Å². The lowest BCUT2D eigenvalue weighted by molar-refractivity contribution is -0.384. The normalized spacial score (nSPS) is 14.2. The summed E-state index contributed by atoms with van der Waals surface area (Å²) in [6.07, 6.45) is 1.46. The standard InChI is InChI=1S/C33H21ClN4O5/c34-24-11-13-26(14-12-24)37-32(40)28(31(39)35-33(37)41)19-23-20-29(21-7-3-1-4-8-21)36(30(23)22-9-5-2-6-10-22)25-15-17-27(18-16-25)38(42)43/h1-20H,(H,35,39,41)/b28-19-. The Labute approximate surface area is 250 Å². The monoisotopic (exact) mass is 588 g/mol. The maximum atomic E-state index is 13.7. The Hall–Kier alpha value is -5.80. The SMILES string of the molecule is O=C1NC(=O)N(c2ccc(Cl)cc2)C(=O)/C1=C\c1cc(-c2ccccc2)n(-c2ccc([N+](=O)[O-])cc2)c1-c1ccccc1. The highest BCUT2D eigenvalue weighted by Crippen LogP contribution is 2.38. The van der Waals surface area contributed by atoms with Crippen molar-refractivity contribution >= 4 is 46.9 Å². The molecule has 6 rings (SSSR count). The molecule has 0 atom stereocenters. The third kappa shape index (κ3) is 5.20. The molecule has 1 aromatic heterocycles. The second-order valence-electron chi connectivity index (χ2n) is 9.61. The Bertz CT molecular complexity index is 1920. The molecular weight excluding hydrogens is 568 g/mol. The number of benzene rings is 4. The molecule has 1 fully saturated rings. The molecule has 4 amide bonds. The van der Waals surface area contributed by atoms with E-state index in [-0.39, 0.29) is 16.9 Å². The number of aromatic nitrogens is 1. The molecule has 10 heteroatoms. The van der Waals surface area contributed by atoms with Crippen LogP contribution in [0.3, 0.4) is 0 Å². The number of non-ortho nitro benzene ring substituents is 1. The number of hydrogen-bond acceptors (Lipinski definition) is 5. The number of nitrogens with one attached hydrogen (secondary N) is 1. The highest BCUT2D eigenvalue weighted by atomic mass is 35.5. The second kappa shape index (κ2) is 11.2. The number of imide groups is 2. The minimum Gasteiger partial charge on any atom is -0.309 e. The summed E-state index contributed by atoms with van der Waals surface area (Å²) in [5.74, 6) is -1.62. The smallest absolute Gasteiger partial charge is 0.309 e. The van der Waals surface area contributed by atoms with Crippen molar-refractivity contribution < 1.29 is 19.3 Å². The Balaban J connectivity index is 1.59. The fourth-order valence-corrected chi connectivity index (χ4v) is 5.11. The van der Waals surface area contributed by atoms with Gasteiger partial charge in [0.1, 0.15) is 5.57 Å². The number of amides is 4. The molecule has 0 radical (unpaired) electrons. The van der Waals surface area contributed by atoms with Crippen LogP contribution in [0, 0.1) is 10.1 Å². The zero-order valence-corrected chi connectivity index (χ0v) is 23.1. The van der Waals surface area contributed by atoms with Crippen LogP contribution in [0.4, 0.5) is 16.2 Å². The number of nitro groups is 1.